The summed E-state index contributed by atoms with van der Waals surface area (Å²) in [6.07, 6.45) is 1.49. The molecule has 1 amide bonds. The Balaban J connectivity index is 1.71. The number of benzene rings is 3. The van der Waals surface area contributed by atoms with Crippen molar-refractivity contribution in [3.05, 3.63) is 77.9 Å². The molecule has 0 aliphatic heterocycles. The molecule has 3 rings (SSSR count). The summed E-state index contributed by atoms with van der Waals surface area (Å²) >= 11 is 0. The molecule has 0 bridgehead atoms. The first-order chi connectivity index (χ1) is 17.8. The van der Waals surface area contributed by atoms with Crippen LogP contribution in [0.2, 0.25) is 0 Å². The highest BCUT2D eigenvalue weighted by Gasteiger charge is 2.28. The molecule has 198 valence electrons. The van der Waals surface area contributed by atoms with Crippen molar-refractivity contribution in [2.75, 3.05) is 38.2 Å². The van der Waals surface area contributed by atoms with Crippen LogP contribution in [0.3, 0.4) is 0 Å². The van der Waals surface area contributed by atoms with Crippen LogP contribution in [0.5, 0.6) is 17.2 Å². The Kier molecular flexibility index (Phi) is 9.79. The predicted molar refractivity (Wildman–Crippen MR) is 144 cm³/mol. The lowest BCUT2D eigenvalue weighted by molar-refractivity contribution is -0.119. The van der Waals surface area contributed by atoms with E-state index >= 15 is 0 Å². The standard InChI is InChI=1S/C28H34N2O6S/c1-5-36-24-14-10-22(11-15-24)7-6-18-29-28(31)20-30(23-12-8-21(2)9-13-23)37(32,33)25-16-17-26(34-3)27(19-25)35-4/h8-17,19H,5-7,18,20H2,1-4H3,(H,29,31). The molecule has 1 N–H and O–H groups in total. The number of amides is 1. The summed E-state index contributed by atoms with van der Waals surface area (Å²) in [6.45, 7) is 4.53. The first-order valence-electron chi connectivity index (χ1n) is 12.1. The number of ether oxygens (including phenoxy) is 3. The minimum Gasteiger partial charge on any atom is -0.494 e. The summed E-state index contributed by atoms with van der Waals surface area (Å²) < 4.78 is 44.4. The molecule has 0 spiro atoms. The Hall–Kier alpha value is -3.72. The second-order valence-corrected chi connectivity index (χ2v) is 10.3. The van der Waals surface area contributed by atoms with Gasteiger partial charge in [-0.05, 0) is 68.7 Å². The van der Waals surface area contributed by atoms with E-state index in [4.69, 9.17) is 14.2 Å². The zero-order valence-electron chi connectivity index (χ0n) is 21.7. The fourth-order valence-electron chi connectivity index (χ4n) is 3.76. The number of hydrogen-bond acceptors (Lipinski definition) is 6. The predicted octanol–water partition coefficient (Wildman–Crippen LogP) is 4.36. The highest BCUT2D eigenvalue weighted by Crippen LogP contribution is 2.32. The number of sulfonamides is 1. The third kappa shape index (κ3) is 7.39. The van der Waals surface area contributed by atoms with Gasteiger partial charge in [0.05, 0.1) is 31.4 Å². The van der Waals surface area contributed by atoms with Crippen LogP contribution in [0.15, 0.2) is 71.6 Å². The van der Waals surface area contributed by atoms with Crippen molar-refractivity contribution in [3.63, 3.8) is 0 Å². The Bertz CT molecular complexity index is 1280. The van der Waals surface area contributed by atoms with Crippen LogP contribution in [0, 0.1) is 6.92 Å². The van der Waals surface area contributed by atoms with Crippen molar-refractivity contribution >= 4 is 21.6 Å². The van der Waals surface area contributed by atoms with Crippen LogP contribution >= 0.6 is 0 Å². The van der Waals surface area contributed by atoms with Crippen LogP contribution in [0.25, 0.3) is 0 Å². The average molecular weight is 527 g/mol. The topological polar surface area (TPSA) is 94.2 Å². The van der Waals surface area contributed by atoms with Crippen molar-refractivity contribution in [2.24, 2.45) is 0 Å². The molecular formula is C28H34N2O6S. The van der Waals surface area contributed by atoms with E-state index in [0.717, 1.165) is 27.6 Å². The van der Waals surface area contributed by atoms with Crippen LogP contribution in [0.1, 0.15) is 24.5 Å². The maximum atomic E-state index is 13.6. The molecular weight excluding hydrogens is 492 g/mol. The van der Waals surface area contributed by atoms with Crippen LogP contribution in [-0.4, -0.2) is 48.2 Å². The van der Waals surface area contributed by atoms with Crippen molar-refractivity contribution in [1.82, 2.24) is 5.32 Å². The van der Waals surface area contributed by atoms with Crippen molar-refractivity contribution in [3.8, 4) is 17.2 Å². The maximum Gasteiger partial charge on any atom is 0.264 e. The molecule has 0 saturated heterocycles. The third-order valence-corrected chi connectivity index (χ3v) is 7.52. The van der Waals surface area contributed by atoms with Gasteiger partial charge in [0, 0.05) is 12.6 Å². The summed E-state index contributed by atoms with van der Waals surface area (Å²) in [7, 11) is -1.16. The van der Waals surface area contributed by atoms with E-state index in [2.05, 4.69) is 5.32 Å². The summed E-state index contributed by atoms with van der Waals surface area (Å²) in [4.78, 5) is 12.8. The largest absolute Gasteiger partial charge is 0.494 e. The van der Waals surface area contributed by atoms with Gasteiger partial charge < -0.3 is 19.5 Å². The Morgan fingerprint density at radius 3 is 2.22 bits per heavy atom. The molecule has 0 aliphatic rings. The van der Waals surface area contributed by atoms with Gasteiger partial charge in [-0.2, -0.15) is 0 Å². The quantitative estimate of drug-likeness (QED) is 0.333. The highest BCUT2D eigenvalue weighted by molar-refractivity contribution is 7.92. The van der Waals surface area contributed by atoms with Gasteiger partial charge in [0.1, 0.15) is 12.3 Å². The minimum atomic E-state index is -4.08. The molecule has 9 heteroatoms. The first kappa shape index (κ1) is 27.9. The fourth-order valence-corrected chi connectivity index (χ4v) is 5.19. The van der Waals surface area contributed by atoms with Crippen LogP contribution in [0.4, 0.5) is 5.69 Å². The van der Waals surface area contributed by atoms with Crippen molar-refractivity contribution in [1.29, 1.82) is 0 Å². The highest BCUT2D eigenvalue weighted by atomic mass is 32.2. The van der Waals surface area contributed by atoms with Crippen molar-refractivity contribution < 1.29 is 27.4 Å². The molecule has 0 heterocycles. The number of aryl methyl sites for hydroxylation is 2. The van der Waals surface area contributed by atoms with E-state index in [9.17, 15) is 13.2 Å². The summed E-state index contributed by atoms with van der Waals surface area (Å²) in [6, 6.07) is 19.2. The Morgan fingerprint density at radius 1 is 0.919 bits per heavy atom. The van der Waals surface area contributed by atoms with Crippen LogP contribution < -0.4 is 23.8 Å². The number of nitrogens with one attached hydrogen (secondary N) is 1. The van der Waals surface area contributed by atoms with Crippen LogP contribution in [-0.2, 0) is 21.2 Å². The van der Waals surface area contributed by atoms with E-state index < -0.39 is 15.9 Å². The average Bonchev–Trinajstić information content (AvgIpc) is 2.91. The number of methoxy groups -OCH3 is 2. The number of carbonyl (C=O) groups excluding carboxylic acids is 1. The number of carbonyl (C=O) groups is 1. The molecule has 3 aromatic rings. The van der Waals surface area contributed by atoms with Gasteiger partial charge in [0.25, 0.3) is 10.0 Å². The lowest BCUT2D eigenvalue weighted by Gasteiger charge is -2.24. The molecule has 0 aromatic heterocycles. The van der Waals surface area contributed by atoms with E-state index in [1.165, 1.54) is 32.4 Å². The smallest absolute Gasteiger partial charge is 0.264 e. The van der Waals surface area contributed by atoms with Gasteiger partial charge in [0.15, 0.2) is 11.5 Å². The third-order valence-electron chi connectivity index (χ3n) is 5.75. The van der Waals surface area contributed by atoms with E-state index in [0.29, 0.717) is 31.0 Å². The minimum absolute atomic E-state index is 0.00553. The number of hydrogen-bond donors (Lipinski definition) is 1. The summed E-state index contributed by atoms with van der Waals surface area (Å²) in [5, 5.41) is 2.85. The first-order valence-corrected chi connectivity index (χ1v) is 13.5. The van der Waals surface area contributed by atoms with Gasteiger partial charge >= 0.3 is 0 Å². The lowest BCUT2D eigenvalue weighted by Crippen LogP contribution is -2.41. The molecule has 3 aromatic carbocycles. The molecule has 0 atom stereocenters. The van der Waals surface area contributed by atoms with E-state index in [-0.39, 0.29) is 17.2 Å². The van der Waals surface area contributed by atoms with Gasteiger partial charge in [0.2, 0.25) is 5.91 Å². The molecule has 0 fully saturated rings. The molecule has 8 nitrogen and oxygen atoms in total. The van der Waals surface area contributed by atoms with Gasteiger partial charge in [-0.3, -0.25) is 9.10 Å². The second kappa shape index (κ2) is 13.0. The molecule has 0 radical (unpaired) electrons. The normalized spacial score (nSPS) is 11.0. The molecule has 37 heavy (non-hydrogen) atoms. The fraction of sp³-hybridized carbons (Fsp3) is 0.321. The SMILES string of the molecule is CCOc1ccc(CCCNC(=O)CN(c2ccc(C)cc2)S(=O)(=O)c2ccc(OC)c(OC)c2)cc1. The molecule has 0 aliphatic carbocycles. The number of rotatable bonds is 13. The number of anilines is 1. The van der Waals surface area contributed by atoms with Gasteiger partial charge in [-0.1, -0.05) is 29.8 Å². The van der Waals surface area contributed by atoms with Gasteiger partial charge in [-0.15, -0.1) is 0 Å². The number of nitrogens with zero attached hydrogens (tertiary/aromatic N) is 1. The summed E-state index contributed by atoms with van der Waals surface area (Å²) in [5.74, 6) is 1.13. The Labute approximate surface area is 219 Å². The maximum absolute atomic E-state index is 13.6. The summed E-state index contributed by atoms with van der Waals surface area (Å²) in [5.41, 5.74) is 2.51. The second-order valence-electron chi connectivity index (χ2n) is 8.39. The van der Waals surface area contributed by atoms with Gasteiger partial charge in [-0.25, -0.2) is 8.42 Å². The zero-order chi connectivity index (χ0) is 26.8. The van der Waals surface area contributed by atoms with E-state index in [1.54, 1.807) is 24.3 Å². The monoisotopic (exact) mass is 526 g/mol. The Morgan fingerprint density at radius 2 is 1.59 bits per heavy atom. The zero-order valence-corrected chi connectivity index (χ0v) is 22.5. The van der Waals surface area contributed by atoms with Crippen molar-refractivity contribution in [2.45, 2.75) is 31.6 Å². The van der Waals surface area contributed by atoms with E-state index in [1.807, 2.05) is 38.1 Å². The lowest BCUT2D eigenvalue weighted by atomic mass is 10.1. The molecule has 0 unspecified atom stereocenters. The molecule has 0 saturated carbocycles.